The molecular weight excluding hydrogens is 275 g/mol. The molecule has 1 aromatic heterocycles. The number of thioether (sulfide) groups is 1. The van der Waals surface area contributed by atoms with Crippen molar-refractivity contribution in [2.75, 3.05) is 0 Å². The summed E-state index contributed by atoms with van der Waals surface area (Å²) in [4.78, 5) is 27.8. The smallest absolute Gasteiger partial charge is 0.543 e. The molecule has 1 atom stereocenters. The Morgan fingerprint density at radius 2 is 2.32 bits per heavy atom. The third-order valence-corrected chi connectivity index (χ3v) is 3.83. The molecule has 1 aromatic rings. The Labute approximate surface area is 135 Å². The second-order valence-corrected chi connectivity index (χ2v) is 4.79. The van der Waals surface area contributed by atoms with Crippen molar-refractivity contribution in [2.45, 2.75) is 5.37 Å². The van der Waals surface area contributed by atoms with Crippen molar-refractivity contribution in [1.29, 1.82) is 0 Å². The molecule has 0 aliphatic carbocycles. The number of aliphatic carboxylic acids is 1. The van der Waals surface area contributed by atoms with E-state index in [4.69, 9.17) is 0 Å². The maximum absolute atomic E-state index is 11.9. The Morgan fingerprint density at radius 3 is 2.95 bits per heavy atom. The second kappa shape index (κ2) is 5.50. The minimum Gasteiger partial charge on any atom is -0.543 e. The molecule has 1 unspecified atom stereocenters. The number of β-lactam (4-membered cyclic amide) rings is 1. The van der Waals surface area contributed by atoms with E-state index in [2.05, 4.69) is 4.98 Å². The van der Waals surface area contributed by atoms with Crippen LogP contribution in [0.5, 0.6) is 0 Å². The van der Waals surface area contributed by atoms with Gasteiger partial charge in [-0.1, -0.05) is 6.07 Å². The molecule has 1 fully saturated rings. The molecule has 1 saturated heterocycles. The van der Waals surface area contributed by atoms with Crippen LogP contribution in [0.2, 0.25) is 0 Å². The van der Waals surface area contributed by atoms with E-state index < -0.39 is 5.97 Å². The molecule has 19 heavy (non-hydrogen) atoms. The van der Waals surface area contributed by atoms with Crippen LogP contribution in [0.1, 0.15) is 5.56 Å². The Bertz CT molecular complexity index is 600. The zero-order chi connectivity index (χ0) is 12.7. The van der Waals surface area contributed by atoms with Crippen LogP contribution in [0.3, 0.4) is 0 Å². The molecule has 0 saturated carbocycles. The van der Waals surface area contributed by atoms with Gasteiger partial charge in [0.25, 0.3) is 5.91 Å². The minimum absolute atomic E-state index is 0. The second-order valence-electron chi connectivity index (χ2n) is 3.84. The van der Waals surface area contributed by atoms with Crippen LogP contribution in [-0.2, 0) is 9.59 Å². The number of hydrogen-bond acceptors (Lipinski definition) is 5. The quantitative estimate of drug-likeness (QED) is 0.328. The summed E-state index contributed by atoms with van der Waals surface area (Å²) >= 11 is 1.29. The topological polar surface area (TPSA) is 73.3 Å². The van der Waals surface area contributed by atoms with Crippen LogP contribution in [0, 0.1) is 0 Å². The normalized spacial score (nSPS) is 22.4. The van der Waals surface area contributed by atoms with E-state index in [1.807, 2.05) is 6.07 Å². The number of pyridine rings is 1. The van der Waals surface area contributed by atoms with Crippen molar-refractivity contribution in [3.8, 4) is 0 Å². The van der Waals surface area contributed by atoms with Crippen LogP contribution in [0.25, 0.3) is 6.08 Å². The molecule has 2 aliphatic rings. The Hall–Kier alpha value is -1.08. The van der Waals surface area contributed by atoms with Gasteiger partial charge in [-0.25, -0.2) is 0 Å². The first-order valence-electron chi connectivity index (χ1n) is 5.20. The average Bonchev–Trinajstić information content (AvgIpc) is 2.77. The number of rotatable bonds is 2. The maximum atomic E-state index is 11.9. The van der Waals surface area contributed by atoms with E-state index in [0.717, 1.165) is 5.56 Å². The van der Waals surface area contributed by atoms with E-state index in [-0.39, 0.29) is 46.5 Å². The summed E-state index contributed by atoms with van der Waals surface area (Å²) in [6.07, 6.45) is 5.03. The molecular formula is C12H7N2NaO3S. The zero-order valence-corrected chi connectivity index (χ0v) is 12.9. The van der Waals surface area contributed by atoms with Crippen LogP contribution < -0.4 is 34.7 Å². The molecule has 0 aromatic carbocycles. The summed E-state index contributed by atoms with van der Waals surface area (Å²) in [5.41, 5.74) is 1.35. The van der Waals surface area contributed by atoms with Gasteiger partial charge in [0.1, 0.15) is 5.37 Å². The van der Waals surface area contributed by atoms with E-state index in [9.17, 15) is 14.7 Å². The summed E-state index contributed by atoms with van der Waals surface area (Å²) in [7, 11) is 0. The van der Waals surface area contributed by atoms with Crippen LogP contribution >= 0.6 is 11.8 Å². The standard InChI is InChI=1S/C12H8N2O3S.Na/c15-10-8(4-7-2-1-3-13-5-7)11-14(10)9(6-18-11)12(16)17;/h1-6,11H,(H,16,17);/q;+1/p-1. The van der Waals surface area contributed by atoms with Crippen LogP contribution in [0.15, 0.2) is 41.2 Å². The predicted octanol–water partition coefficient (Wildman–Crippen LogP) is -3.02. The van der Waals surface area contributed by atoms with Crippen molar-refractivity contribution in [1.82, 2.24) is 9.88 Å². The van der Waals surface area contributed by atoms with Gasteiger partial charge in [0.2, 0.25) is 0 Å². The number of fused-ring (bicyclic) bond motifs is 1. The predicted molar refractivity (Wildman–Crippen MR) is 63.5 cm³/mol. The summed E-state index contributed by atoms with van der Waals surface area (Å²) in [5, 5.41) is 12.0. The fraction of sp³-hybridized carbons (Fsp3) is 0.0833. The van der Waals surface area contributed by atoms with Crippen molar-refractivity contribution in [2.24, 2.45) is 0 Å². The maximum Gasteiger partial charge on any atom is 1.00 e. The summed E-state index contributed by atoms with van der Waals surface area (Å²) in [6.45, 7) is 0. The van der Waals surface area contributed by atoms with Gasteiger partial charge in [-0.15, -0.1) is 11.8 Å². The van der Waals surface area contributed by atoms with Crippen LogP contribution in [-0.4, -0.2) is 27.1 Å². The van der Waals surface area contributed by atoms with Gasteiger partial charge in [0.15, 0.2) is 0 Å². The van der Waals surface area contributed by atoms with Crippen LogP contribution in [0.4, 0.5) is 0 Å². The fourth-order valence-electron chi connectivity index (χ4n) is 1.90. The third-order valence-electron chi connectivity index (χ3n) is 2.75. The van der Waals surface area contributed by atoms with Gasteiger partial charge in [0.05, 0.1) is 17.2 Å². The Kier molecular flexibility index (Phi) is 4.15. The number of carbonyl (C=O) groups is 2. The number of carbonyl (C=O) groups excluding carboxylic acids is 2. The van der Waals surface area contributed by atoms with E-state index in [0.29, 0.717) is 5.57 Å². The first kappa shape index (κ1) is 14.3. The van der Waals surface area contributed by atoms with E-state index in [1.165, 1.54) is 22.1 Å². The Morgan fingerprint density at radius 1 is 1.53 bits per heavy atom. The molecule has 7 heteroatoms. The van der Waals surface area contributed by atoms with Gasteiger partial charge in [-0.2, -0.15) is 0 Å². The molecule has 90 valence electrons. The minimum atomic E-state index is -1.32. The van der Waals surface area contributed by atoms with Crippen molar-refractivity contribution < 1.29 is 44.3 Å². The van der Waals surface area contributed by atoms with Crippen molar-refractivity contribution in [3.05, 3.63) is 46.8 Å². The number of hydrogen-bond donors (Lipinski definition) is 0. The zero-order valence-electron chi connectivity index (χ0n) is 10.1. The van der Waals surface area contributed by atoms with Crippen molar-refractivity contribution >= 4 is 29.7 Å². The first-order chi connectivity index (χ1) is 8.68. The third kappa shape index (κ3) is 2.36. The van der Waals surface area contributed by atoms with Gasteiger partial charge < -0.3 is 9.90 Å². The van der Waals surface area contributed by atoms with Gasteiger partial charge >= 0.3 is 29.6 Å². The molecule has 1 amide bonds. The molecule has 0 radical (unpaired) electrons. The number of nitrogens with zero attached hydrogens (tertiary/aromatic N) is 2. The molecule has 5 nitrogen and oxygen atoms in total. The van der Waals surface area contributed by atoms with Gasteiger partial charge in [0, 0.05) is 12.4 Å². The summed E-state index contributed by atoms with van der Waals surface area (Å²) < 4.78 is 0. The van der Waals surface area contributed by atoms with E-state index in [1.54, 1.807) is 24.5 Å². The Balaban J connectivity index is 0.00000133. The average molecular weight is 282 g/mol. The fourth-order valence-corrected chi connectivity index (χ4v) is 3.01. The molecule has 0 spiro atoms. The monoisotopic (exact) mass is 282 g/mol. The summed E-state index contributed by atoms with van der Waals surface area (Å²) in [6, 6.07) is 3.61. The first-order valence-corrected chi connectivity index (χ1v) is 6.15. The molecule has 3 heterocycles. The molecule has 3 rings (SSSR count). The van der Waals surface area contributed by atoms with Gasteiger partial charge in [-0.05, 0) is 23.1 Å². The molecule has 0 bridgehead atoms. The van der Waals surface area contributed by atoms with Gasteiger partial charge in [-0.3, -0.25) is 14.7 Å². The summed E-state index contributed by atoms with van der Waals surface area (Å²) in [5.74, 6) is -1.61. The number of aromatic nitrogens is 1. The largest absolute Gasteiger partial charge is 1.00 e. The van der Waals surface area contributed by atoms with Crippen molar-refractivity contribution in [3.63, 3.8) is 0 Å². The molecule has 2 aliphatic heterocycles. The SMILES string of the molecule is O=C([O-])C1=CSC2C(=Cc3cccnc3)C(=O)N12.[Na+]. The number of amides is 1. The molecule has 0 N–H and O–H groups in total. The number of carboxylic acids is 1. The van der Waals surface area contributed by atoms with E-state index >= 15 is 0 Å². The number of carboxylic acid groups (broad SMARTS) is 1.